The van der Waals surface area contributed by atoms with Crippen LogP contribution in [-0.4, -0.2) is 119 Å². The number of halogens is 3. The van der Waals surface area contributed by atoms with Crippen molar-refractivity contribution >= 4 is 35.6 Å². The number of carboxylic acid groups (broad SMARTS) is 2. The summed E-state index contributed by atoms with van der Waals surface area (Å²) in [7, 11) is 0. The van der Waals surface area contributed by atoms with Gasteiger partial charge in [-0.25, -0.2) is 4.79 Å². The van der Waals surface area contributed by atoms with E-state index in [2.05, 4.69) is 21.3 Å². The SMILES string of the molecule is CC(C)C[C@@H](NC(=O)[C@@H](Cc1ccccc1)NC(=O)[C@H](N)Cc1ccccc1)C(=O)N[C@H](CCCCNCCN)C(=O)N1CCC(N)(C(=O)O)CC1.O=C(O)C(F)(F)F. The monoisotopic (exact) mass is 836 g/mol. The Morgan fingerprint density at radius 3 is 1.75 bits per heavy atom. The molecule has 0 saturated carbocycles. The average Bonchev–Trinajstić information content (AvgIpc) is 3.18. The molecule has 0 aliphatic carbocycles. The molecule has 2 aromatic rings. The van der Waals surface area contributed by atoms with Crippen LogP contribution >= 0.6 is 0 Å². The summed E-state index contributed by atoms with van der Waals surface area (Å²) in [5, 5.41) is 28.5. The van der Waals surface area contributed by atoms with E-state index in [0.29, 0.717) is 32.5 Å². The number of unbranched alkanes of at least 4 members (excludes halogenated alkanes) is 1. The maximum Gasteiger partial charge on any atom is 0.490 e. The number of alkyl halides is 3. The van der Waals surface area contributed by atoms with Crippen LogP contribution in [0.2, 0.25) is 0 Å². The Kier molecular flexibility index (Phi) is 21.0. The van der Waals surface area contributed by atoms with Crippen molar-refractivity contribution in [3.05, 3.63) is 71.8 Å². The zero-order valence-electron chi connectivity index (χ0n) is 33.5. The third-order valence-corrected chi connectivity index (χ3v) is 9.56. The molecular weight excluding hydrogens is 777 g/mol. The highest BCUT2D eigenvalue weighted by atomic mass is 19.4. The van der Waals surface area contributed by atoms with Crippen LogP contribution in [0.15, 0.2) is 60.7 Å². The van der Waals surface area contributed by atoms with Crippen LogP contribution in [0.3, 0.4) is 0 Å². The third-order valence-electron chi connectivity index (χ3n) is 9.56. The number of rotatable bonds is 21. The molecule has 0 aromatic heterocycles. The minimum absolute atomic E-state index is 0.00364. The molecule has 1 aliphatic rings. The summed E-state index contributed by atoms with van der Waals surface area (Å²) in [5.41, 5.74) is 18.2. The fourth-order valence-corrected chi connectivity index (χ4v) is 6.19. The summed E-state index contributed by atoms with van der Waals surface area (Å²) in [6, 6.07) is 14.7. The second-order valence-corrected chi connectivity index (χ2v) is 14.9. The molecule has 2 aromatic carbocycles. The van der Waals surface area contributed by atoms with Crippen molar-refractivity contribution in [3.8, 4) is 0 Å². The molecule has 4 atom stereocenters. The summed E-state index contributed by atoms with van der Waals surface area (Å²) in [5.74, 6) is -5.77. The first kappa shape index (κ1) is 50.0. The van der Waals surface area contributed by atoms with E-state index < -0.39 is 65.5 Å². The van der Waals surface area contributed by atoms with Crippen LogP contribution in [0, 0.1) is 5.92 Å². The second-order valence-electron chi connectivity index (χ2n) is 14.9. The number of nitrogens with zero attached hydrogens (tertiary/aromatic N) is 1. The van der Waals surface area contributed by atoms with Crippen molar-refractivity contribution in [3.63, 3.8) is 0 Å². The molecule has 12 N–H and O–H groups in total. The molecule has 19 heteroatoms. The number of amides is 4. The quantitative estimate of drug-likeness (QED) is 0.0799. The van der Waals surface area contributed by atoms with Gasteiger partial charge >= 0.3 is 18.1 Å². The first-order valence-electron chi connectivity index (χ1n) is 19.5. The molecule has 328 valence electrons. The Morgan fingerprint density at radius 2 is 1.25 bits per heavy atom. The van der Waals surface area contributed by atoms with Crippen molar-refractivity contribution in [1.29, 1.82) is 0 Å². The van der Waals surface area contributed by atoms with Gasteiger partial charge in [-0.05, 0) is 68.5 Å². The lowest BCUT2D eigenvalue weighted by molar-refractivity contribution is -0.192. The van der Waals surface area contributed by atoms with E-state index in [1.54, 1.807) is 4.90 Å². The van der Waals surface area contributed by atoms with Crippen LogP contribution < -0.4 is 38.5 Å². The maximum absolute atomic E-state index is 14.0. The van der Waals surface area contributed by atoms with E-state index >= 15 is 0 Å². The fourth-order valence-electron chi connectivity index (χ4n) is 6.19. The van der Waals surface area contributed by atoms with E-state index in [-0.39, 0.29) is 57.0 Å². The maximum atomic E-state index is 14.0. The van der Waals surface area contributed by atoms with E-state index in [1.807, 2.05) is 74.5 Å². The van der Waals surface area contributed by atoms with Gasteiger partial charge in [0, 0.05) is 32.6 Å². The molecule has 1 fully saturated rings. The average molecular weight is 837 g/mol. The number of hydrogen-bond acceptors (Lipinski definition) is 10. The van der Waals surface area contributed by atoms with Crippen molar-refractivity contribution in [2.45, 2.75) is 101 Å². The molecule has 0 radical (unpaired) electrons. The van der Waals surface area contributed by atoms with Gasteiger partial charge in [-0.3, -0.25) is 24.0 Å². The number of nitrogens with two attached hydrogens (primary N) is 3. The predicted octanol–water partition coefficient (Wildman–Crippen LogP) is 1.06. The third kappa shape index (κ3) is 18.1. The number of carbonyl (C=O) groups is 6. The Hall–Kier alpha value is -5.11. The summed E-state index contributed by atoms with van der Waals surface area (Å²) in [6.45, 7) is 5.99. The van der Waals surface area contributed by atoms with Gasteiger partial charge in [0.1, 0.15) is 23.7 Å². The van der Waals surface area contributed by atoms with Crippen LogP contribution in [-0.2, 0) is 41.6 Å². The van der Waals surface area contributed by atoms with E-state index in [1.165, 1.54) is 0 Å². The highest BCUT2D eigenvalue weighted by Gasteiger charge is 2.41. The number of likely N-dealkylation sites (tertiary alicyclic amines) is 1. The second kappa shape index (κ2) is 24.7. The molecule has 3 rings (SSSR count). The highest BCUT2D eigenvalue weighted by Crippen LogP contribution is 2.21. The number of nitrogens with one attached hydrogen (secondary N) is 4. The van der Waals surface area contributed by atoms with Crippen LogP contribution in [0.4, 0.5) is 13.2 Å². The molecule has 16 nitrogen and oxygen atoms in total. The fraction of sp³-hybridized carbons (Fsp3) is 0.550. The van der Waals surface area contributed by atoms with Gasteiger partial charge in [-0.2, -0.15) is 13.2 Å². The molecule has 1 saturated heterocycles. The van der Waals surface area contributed by atoms with Crippen LogP contribution in [0.1, 0.15) is 63.5 Å². The van der Waals surface area contributed by atoms with Gasteiger partial charge in [0.15, 0.2) is 0 Å². The van der Waals surface area contributed by atoms with E-state index in [4.69, 9.17) is 27.1 Å². The lowest BCUT2D eigenvalue weighted by Crippen LogP contribution is -2.60. The predicted molar refractivity (Wildman–Crippen MR) is 213 cm³/mol. The normalized spacial score (nSPS) is 15.7. The first-order chi connectivity index (χ1) is 27.8. The largest absolute Gasteiger partial charge is 0.490 e. The van der Waals surface area contributed by atoms with Crippen molar-refractivity contribution in [2.75, 3.05) is 32.7 Å². The number of carboxylic acids is 2. The van der Waals surface area contributed by atoms with Crippen molar-refractivity contribution < 1.29 is 52.2 Å². The number of aliphatic carboxylic acids is 2. The lowest BCUT2D eigenvalue weighted by atomic mass is 9.88. The zero-order chi connectivity index (χ0) is 44.2. The van der Waals surface area contributed by atoms with Crippen molar-refractivity contribution in [1.82, 2.24) is 26.2 Å². The Bertz CT molecular complexity index is 1640. The van der Waals surface area contributed by atoms with Crippen LogP contribution in [0.25, 0.3) is 0 Å². The van der Waals surface area contributed by atoms with E-state index in [9.17, 15) is 42.3 Å². The molecule has 1 heterocycles. The number of piperidine rings is 1. The Morgan fingerprint density at radius 1 is 0.763 bits per heavy atom. The topological polar surface area (TPSA) is 272 Å². The minimum Gasteiger partial charge on any atom is -0.480 e. The molecule has 59 heavy (non-hydrogen) atoms. The van der Waals surface area contributed by atoms with Gasteiger partial charge in [-0.1, -0.05) is 74.5 Å². The van der Waals surface area contributed by atoms with Gasteiger partial charge in [-0.15, -0.1) is 0 Å². The zero-order valence-corrected chi connectivity index (χ0v) is 33.5. The molecule has 0 unspecified atom stereocenters. The number of carbonyl (C=O) groups excluding carboxylic acids is 4. The summed E-state index contributed by atoms with van der Waals surface area (Å²) >= 11 is 0. The van der Waals surface area contributed by atoms with Crippen LogP contribution in [0.5, 0.6) is 0 Å². The number of benzene rings is 2. The highest BCUT2D eigenvalue weighted by molar-refractivity contribution is 5.95. The summed E-state index contributed by atoms with van der Waals surface area (Å²) in [6.07, 6.45) is -2.48. The minimum atomic E-state index is -5.08. The van der Waals surface area contributed by atoms with Gasteiger partial charge in [0.2, 0.25) is 23.6 Å². The lowest BCUT2D eigenvalue weighted by Gasteiger charge is -2.38. The Labute approximate surface area is 342 Å². The summed E-state index contributed by atoms with van der Waals surface area (Å²) in [4.78, 5) is 77.1. The first-order valence-corrected chi connectivity index (χ1v) is 19.5. The number of hydrogen-bond donors (Lipinski definition) is 9. The molecule has 0 bridgehead atoms. The van der Waals surface area contributed by atoms with Crippen molar-refractivity contribution in [2.24, 2.45) is 23.1 Å². The van der Waals surface area contributed by atoms with Gasteiger partial charge in [0.25, 0.3) is 0 Å². The standard InChI is InChI=1S/C38H58N8O6.C2HF3O2/c1-26(2)23-31(34(48)43-30(15-9-10-19-42-20-18-39)36(50)46-21-16-38(41,17-22-46)37(51)52)45-35(49)32(25-28-13-7-4-8-14-28)44-33(47)29(40)24-27-11-5-3-6-12-27;3-2(4,5)1(6)7/h3-8,11-14,26,29-32,42H,9-10,15-25,39-41H2,1-2H3,(H,43,48)(H,44,47)(H,45,49)(H,51,52);(H,6,7)/t29-,30-,31-,32-;/m1./s1. The molecular formula is C40H59F3N8O8. The molecule has 4 amide bonds. The van der Waals surface area contributed by atoms with Gasteiger partial charge in [0.05, 0.1) is 6.04 Å². The Balaban J connectivity index is 0.00000157. The summed E-state index contributed by atoms with van der Waals surface area (Å²) < 4.78 is 31.7. The van der Waals surface area contributed by atoms with E-state index in [0.717, 1.165) is 17.5 Å². The van der Waals surface area contributed by atoms with Gasteiger partial charge < -0.3 is 53.6 Å². The molecule has 0 spiro atoms. The smallest absolute Gasteiger partial charge is 0.480 e. The molecule has 1 aliphatic heterocycles.